The van der Waals surface area contributed by atoms with Gasteiger partial charge in [-0.15, -0.1) is 11.8 Å². The van der Waals surface area contributed by atoms with Gasteiger partial charge in [-0.2, -0.15) is 0 Å². The number of aryl methyl sites for hydroxylation is 2. The quantitative estimate of drug-likeness (QED) is 0.468. The molecule has 0 unspecified atom stereocenters. The second-order valence-electron chi connectivity index (χ2n) is 4.82. The van der Waals surface area contributed by atoms with Gasteiger partial charge in [-0.05, 0) is 49.2 Å². The number of halogens is 1. The Balaban J connectivity index is 1.83. The molecule has 0 bridgehead atoms. The molecule has 22 heavy (non-hydrogen) atoms. The van der Waals surface area contributed by atoms with Crippen molar-refractivity contribution in [2.24, 2.45) is 0 Å². The molecular weight excluding hydrogens is 366 g/mol. The van der Waals surface area contributed by atoms with Crippen LogP contribution >= 0.6 is 27.7 Å². The first-order valence-corrected chi connectivity index (χ1v) is 8.47. The van der Waals surface area contributed by atoms with E-state index in [9.17, 15) is 9.59 Å². The third kappa shape index (κ3) is 4.48. The number of thioether (sulfide) groups is 1. The lowest BCUT2D eigenvalue weighted by atomic mass is 10.2. The molecule has 0 atom stereocenters. The van der Waals surface area contributed by atoms with Gasteiger partial charge in [0.1, 0.15) is 0 Å². The van der Waals surface area contributed by atoms with Crippen molar-refractivity contribution in [3.8, 4) is 0 Å². The van der Waals surface area contributed by atoms with Gasteiger partial charge in [0.05, 0.1) is 11.4 Å². The summed E-state index contributed by atoms with van der Waals surface area (Å²) in [6, 6.07) is 7.43. The van der Waals surface area contributed by atoms with Crippen LogP contribution in [0.1, 0.15) is 21.6 Å². The maximum absolute atomic E-state index is 11.7. The Morgan fingerprint density at radius 2 is 2.05 bits per heavy atom. The minimum absolute atomic E-state index is 0.180. The maximum Gasteiger partial charge on any atom is 0.316 e. The van der Waals surface area contributed by atoms with Crippen molar-refractivity contribution in [3.63, 3.8) is 0 Å². The number of nitrogens with one attached hydrogen (secondary N) is 1. The van der Waals surface area contributed by atoms with Crippen molar-refractivity contribution in [3.05, 3.63) is 51.8 Å². The van der Waals surface area contributed by atoms with Gasteiger partial charge < -0.3 is 9.72 Å². The fourth-order valence-electron chi connectivity index (χ4n) is 1.82. The van der Waals surface area contributed by atoms with E-state index in [0.717, 1.165) is 20.5 Å². The van der Waals surface area contributed by atoms with Crippen LogP contribution in [-0.4, -0.2) is 29.1 Å². The van der Waals surface area contributed by atoms with E-state index < -0.39 is 5.97 Å². The Morgan fingerprint density at radius 3 is 2.73 bits per heavy atom. The highest BCUT2D eigenvalue weighted by Gasteiger charge is 2.12. The minimum atomic E-state index is -0.398. The number of rotatable bonds is 6. The summed E-state index contributed by atoms with van der Waals surface area (Å²) in [5, 5.41) is 0. The Labute approximate surface area is 141 Å². The molecule has 0 aliphatic carbocycles. The van der Waals surface area contributed by atoms with Crippen molar-refractivity contribution in [2.75, 3.05) is 12.4 Å². The first-order valence-electron chi connectivity index (χ1n) is 6.69. The maximum atomic E-state index is 11.7. The number of carbonyl (C=O) groups is 2. The molecule has 0 saturated carbocycles. The lowest BCUT2D eigenvalue weighted by Crippen LogP contribution is -2.15. The Hall–Kier alpha value is -1.53. The van der Waals surface area contributed by atoms with E-state index >= 15 is 0 Å². The molecule has 0 amide bonds. The summed E-state index contributed by atoms with van der Waals surface area (Å²) in [7, 11) is 0. The van der Waals surface area contributed by atoms with E-state index in [2.05, 4.69) is 20.9 Å². The number of Topliss-reactive ketones (excluding diaryl/α,β-unsaturated/α-hetero) is 1. The molecule has 0 radical (unpaired) electrons. The summed E-state index contributed by atoms with van der Waals surface area (Å²) in [6.07, 6.45) is 1.66. The molecule has 0 aliphatic rings. The normalized spacial score (nSPS) is 10.5. The van der Waals surface area contributed by atoms with Crippen molar-refractivity contribution in [1.82, 2.24) is 4.98 Å². The summed E-state index contributed by atoms with van der Waals surface area (Å²) in [4.78, 5) is 27.3. The highest BCUT2D eigenvalue weighted by Crippen LogP contribution is 2.28. The summed E-state index contributed by atoms with van der Waals surface area (Å²) < 4.78 is 6.05. The average Bonchev–Trinajstić information content (AvgIpc) is 3.01. The molecule has 116 valence electrons. The zero-order valence-corrected chi connectivity index (χ0v) is 14.7. The van der Waals surface area contributed by atoms with Crippen LogP contribution in [0.5, 0.6) is 0 Å². The number of benzene rings is 1. The van der Waals surface area contributed by atoms with Gasteiger partial charge in [0.25, 0.3) is 0 Å². The molecule has 1 N–H and O–H groups in total. The summed E-state index contributed by atoms with van der Waals surface area (Å²) in [5.74, 6) is -0.455. The van der Waals surface area contributed by atoms with Crippen LogP contribution in [-0.2, 0) is 9.53 Å². The zero-order valence-electron chi connectivity index (χ0n) is 12.3. The van der Waals surface area contributed by atoms with Crippen molar-refractivity contribution >= 4 is 39.4 Å². The van der Waals surface area contributed by atoms with Gasteiger partial charge in [0.15, 0.2) is 6.61 Å². The molecular formula is C16H16BrNO3S. The Morgan fingerprint density at radius 1 is 1.27 bits per heavy atom. The van der Waals surface area contributed by atoms with Crippen LogP contribution in [0.25, 0.3) is 0 Å². The van der Waals surface area contributed by atoms with Crippen LogP contribution in [0.4, 0.5) is 0 Å². The van der Waals surface area contributed by atoms with Crippen LogP contribution < -0.4 is 0 Å². The number of H-pyrrole nitrogens is 1. The number of ketones is 1. The molecule has 0 saturated heterocycles. The number of hydrogen-bond donors (Lipinski definition) is 1. The summed E-state index contributed by atoms with van der Waals surface area (Å²) >= 11 is 4.89. The first-order chi connectivity index (χ1) is 10.5. The second kappa shape index (κ2) is 7.65. The molecule has 1 heterocycles. The zero-order chi connectivity index (χ0) is 16.1. The van der Waals surface area contributed by atoms with Crippen molar-refractivity contribution in [1.29, 1.82) is 0 Å². The topological polar surface area (TPSA) is 59.2 Å². The predicted molar refractivity (Wildman–Crippen MR) is 90.4 cm³/mol. The SMILES string of the molecule is Cc1cc(SCC(=O)OCC(=O)c2ccc[nH]2)c(C)cc1Br. The van der Waals surface area contributed by atoms with Crippen LogP contribution in [0.3, 0.4) is 0 Å². The van der Waals surface area contributed by atoms with E-state index in [1.807, 2.05) is 26.0 Å². The van der Waals surface area contributed by atoms with Gasteiger partial charge in [-0.3, -0.25) is 9.59 Å². The minimum Gasteiger partial charge on any atom is -0.457 e. The summed E-state index contributed by atoms with van der Waals surface area (Å²) in [6.45, 7) is 3.76. The summed E-state index contributed by atoms with van der Waals surface area (Å²) in [5.41, 5.74) is 2.65. The highest BCUT2D eigenvalue weighted by atomic mass is 79.9. The molecule has 0 spiro atoms. The van der Waals surface area contributed by atoms with Gasteiger partial charge in [0, 0.05) is 15.6 Å². The van der Waals surface area contributed by atoms with E-state index in [1.165, 1.54) is 11.8 Å². The molecule has 0 aliphatic heterocycles. The van der Waals surface area contributed by atoms with Gasteiger partial charge in [-0.1, -0.05) is 15.9 Å². The average molecular weight is 382 g/mol. The highest BCUT2D eigenvalue weighted by molar-refractivity contribution is 9.10. The second-order valence-corrected chi connectivity index (χ2v) is 6.69. The molecule has 1 aromatic carbocycles. The van der Waals surface area contributed by atoms with Gasteiger partial charge in [0.2, 0.25) is 5.78 Å². The largest absolute Gasteiger partial charge is 0.457 e. The molecule has 0 fully saturated rings. The van der Waals surface area contributed by atoms with Crippen molar-refractivity contribution < 1.29 is 14.3 Å². The molecule has 6 heteroatoms. The predicted octanol–water partition coefficient (Wildman–Crippen LogP) is 3.91. The fraction of sp³-hybridized carbons (Fsp3) is 0.250. The molecule has 1 aromatic heterocycles. The Bertz CT molecular complexity index is 683. The smallest absolute Gasteiger partial charge is 0.316 e. The van der Waals surface area contributed by atoms with Crippen LogP contribution in [0.15, 0.2) is 39.8 Å². The monoisotopic (exact) mass is 381 g/mol. The third-order valence-corrected chi connectivity index (χ3v) is 5.05. The lowest BCUT2D eigenvalue weighted by Gasteiger charge is -2.08. The van der Waals surface area contributed by atoms with E-state index in [1.54, 1.807) is 18.3 Å². The van der Waals surface area contributed by atoms with Crippen molar-refractivity contribution in [2.45, 2.75) is 18.7 Å². The lowest BCUT2D eigenvalue weighted by molar-refractivity contribution is -0.139. The number of hydrogen-bond acceptors (Lipinski definition) is 4. The third-order valence-electron chi connectivity index (χ3n) is 3.06. The van der Waals surface area contributed by atoms with E-state index in [-0.39, 0.29) is 18.1 Å². The number of esters is 1. The number of ether oxygens (including phenoxy) is 1. The van der Waals surface area contributed by atoms with Crippen LogP contribution in [0.2, 0.25) is 0 Å². The van der Waals surface area contributed by atoms with Gasteiger partial charge in [-0.25, -0.2) is 0 Å². The van der Waals surface area contributed by atoms with Gasteiger partial charge >= 0.3 is 5.97 Å². The molecule has 2 rings (SSSR count). The van der Waals surface area contributed by atoms with Crippen LogP contribution in [0, 0.1) is 13.8 Å². The van der Waals surface area contributed by atoms with E-state index in [0.29, 0.717) is 5.69 Å². The number of aromatic nitrogens is 1. The molecule has 4 nitrogen and oxygen atoms in total. The first kappa shape index (κ1) is 16.8. The van der Waals surface area contributed by atoms with E-state index in [4.69, 9.17) is 4.74 Å². The fourth-order valence-corrected chi connectivity index (χ4v) is 3.18. The molecule has 2 aromatic rings. The Kier molecular flexibility index (Phi) is 5.85. The number of aromatic amines is 1. The standard InChI is InChI=1S/C16H16BrNO3S/c1-10-7-15(11(2)6-12(10)17)22-9-16(20)21-8-14(19)13-4-3-5-18-13/h3-7,18H,8-9H2,1-2H3. The number of carbonyl (C=O) groups excluding carboxylic acids is 2.